The normalized spacial score (nSPS) is 10.4. The molecule has 0 atom stereocenters. The van der Waals surface area contributed by atoms with Crippen molar-refractivity contribution in [2.45, 2.75) is 20.0 Å². The first kappa shape index (κ1) is 9.27. The summed E-state index contributed by atoms with van der Waals surface area (Å²) in [5.41, 5.74) is 1.31. The molecular formula is C10H13N3S. The largest absolute Gasteiger partial charge is 0.352 e. The Morgan fingerprint density at radius 3 is 3.21 bits per heavy atom. The summed E-state index contributed by atoms with van der Waals surface area (Å²) in [7, 11) is 0. The predicted octanol–water partition coefficient (Wildman–Crippen LogP) is 2.58. The molecule has 0 aliphatic rings. The molecule has 0 aromatic carbocycles. The number of aromatic nitrogens is 2. The molecule has 0 aliphatic heterocycles. The van der Waals surface area contributed by atoms with Crippen molar-refractivity contribution in [3.63, 3.8) is 0 Å². The van der Waals surface area contributed by atoms with Crippen LogP contribution in [0.5, 0.6) is 0 Å². The van der Waals surface area contributed by atoms with Gasteiger partial charge in [-0.1, -0.05) is 0 Å². The first-order valence-corrected chi connectivity index (χ1v) is 5.60. The number of imidazole rings is 1. The van der Waals surface area contributed by atoms with Crippen LogP contribution in [0.25, 0.3) is 0 Å². The monoisotopic (exact) mass is 207 g/mol. The molecule has 2 aromatic heterocycles. The fourth-order valence-corrected chi connectivity index (χ4v) is 1.97. The van der Waals surface area contributed by atoms with Gasteiger partial charge in [0.2, 0.25) is 5.95 Å². The Balaban J connectivity index is 1.98. The van der Waals surface area contributed by atoms with Crippen molar-refractivity contribution in [2.75, 3.05) is 5.32 Å². The highest BCUT2D eigenvalue weighted by Crippen LogP contribution is 2.09. The Labute approximate surface area is 87.4 Å². The molecule has 0 bridgehead atoms. The van der Waals surface area contributed by atoms with Gasteiger partial charge in [-0.15, -0.1) is 0 Å². The van der Waals surface area contributed by atoms with E-state index in [-0.39, 0.29) is 0 Å². The molecule has 2 aromatic rings. The maximum Gasteiger partial charge on any atom is 0.203 e. The van der Waals surface area contributed by atoms with Crippen LogP contribution in [-0.4, -0.2) is 9.55 Å². The molecule has 4 heteroatoms. The number of thiophene rings is 1. The average Bonchev–Trinajstić information content (AvgIpc) is 2.85. The van der Waals surface area contributed by atoms with Crippen LogP contribution in [0.2, 0.25) is 0 Å². The molecule has 0 fully saturated rings. The second-order valence-electron chi connectivity index (χ2n) is 3.02. The molecule has 0 aliphatic carbocycles. The first-order valence-electron chi connectivity index (χ1n) is 4.66. The number of nitrogens with one attached hydrogen (secondary N) is 1. The molecule has 14 heavy (non-hydrogen) atoms. The minimum Gasteiger partial charge on any atom is -0.352 e. The van der Waals surface area contributed by atoms with Gasteiger partial charge < -0.3 is 9.88 Å². The maximum atomic E-state index is 4.24. The Morgan fingerprint density at radius 1 is 1.57 bits per heavy atom. The fourth-order valence-electron chi connectivity index (χ4n) is 1.31. The number of hydrogen-bond acceptors (Lipinski definition) is 3. The van der Waals surface area contributed by atoms with Gasteiger partial charge in [0, 0.05) is 25.5 Å². The van der Waals surface area contributed by atoms with Crippen molar-refractivity contribution < 1.29 is 0 Å². The number of nitrogens with zero attached hydrogens (tertiary/aromatic N) is 2. The van der Waals surface area contributed by atoms with Gasteiger partial charge in [-0.25, -0.2) is 4.98 Å². The smallest absolute Gasteiger partial charge is 0.203 e. The Kier molecular flexibility index (Phi) is 2.84. The van der Waals surface area contributed by atoms with Crippen LogP contribution in [0.4, 0.5) is 5.95 Å². The minimum absolute atomic E-state index is 0.848. The van der Waals surface area contributed by atoms with E-state index in [2.05, 4.69) is 38.6 Å². The maximum absolute atomic E-state index is 4.24. The second-order valence-corrected chi connectivity index (χ2v) is 3.80. The Bertz CT molecular complexity index is 378. The highest BCUT2D eigenvalue weighted by Gasteiger charge is 1.99. The van der Waals surface area contributed by atoms with E-state index in [1.807, 2.05) is 12.4 Å². The third-order valence-corrected chi connectivity index (χ3v) is 2.82. The van der Waals surface area contributed by atoms with Gasteiger partial charge in [0.15, 0.2) is 0 Å². The topological polar surface area (TPSA) is 29.9 Å². The Hall–Kier alpha value is -1.29. The molecule has 74 valence electrons. The number of aryl methyl sites for hydroxylation is 1. The van der Waals surface area contributed by atoms with Crippen LogP contribution >= 0.6 is 11.3 Å². The van der Waals surface area contributed by atoms with Crippen LogP contribution in [-0.2, 0) is 13.1 Å². The summed E-state index contributed by atoms with van der Waals surface area (Å²) in [5.74, 6) is 0.943. The lowest BCUT2D eigenvalue weighted by Gasteiger charge is -2.06. The highest BCUT2D eigenvalue weighted by molar-refractivity contribution is 7.07. The van der Waals surface area contributed by atoms with E-state index in [4.69, 9.17) is 0 Å². The molecule has 0 spiro atoms. The van der Waals surface area contributed by atoms with E-state index >= 15 is 0 Å². The highest BCUT2D eigenvalue weighted by atomic mass is 32.1. The summed E-state index contributed by atoms with van der Waals surface area (Å²) >= 11 is 1.72. The van der Waals surface area contributed by atoms with Crippen molar-refractivity contribution >= 4 is 17.3 Å². The zero-order valence-electron chi connectivity index (χ0n) is 8.10. The van der Waals surface area contributed by atoms with E-state index in [9.17, 15) is 0 Å². The van der Waals surface area contributed by atoms with Crippen LogP contribution in [0, 0.1) is 0 Å². The number of hydrogen-bond donors (Lipinski definition) is 1. The standard InChI is InChI=1S/C10H13N3S/c1-2-13-5-4-11-10(13)12-7-9-3-6-14-8-9/h3-6,8H,2,7H2,1H3,(H,11,12). The zero-order valence-corrected chi connectivity index (χ0v) is 8.92. The zero-order chi connectivity index (χ0) is 9.80. The summed E-state index contributed by atoms with van der Waals surface area (Å²) in [4.78, 5) is 4.24. The van der Waals surface area contributed by atoms with Gasteiger partial charge in [-0.2, -0.15) is 11.3 Å². The minimum atomic E-state index is 0.848. The van der Waals surface area contributed by atoms with Crippen molar-refractivity contribution in [1.29, 1.82) is 0 Å². The second kappa shape index (κ2) is 4.28. The van der Waals surface area contributed by atoms with E-state index in [0.29, 0.717) is 0 Å². The van der Waals surface area contributed by atoms with Crippen molar-refractivity contribution in [1.82, 2.24) is 9.55 Å². The van der Waals surface area contributed by atoms with Crippen molar-refractivity contribution in [3.8, 4) is 0 Å². The van der Waals surface area contributed by atoms with Gasteiger partial charge in [0.25, 0.3) is 0 Å². The van der Waals surface area contributed by atoms with Gasteiger partial charge in [-0.05, 0) is 29.3 Å². The summed E-state index contributed by atoms with van der Waals surface area (Å²) in [6.07, 6.45) is 3.80. The molecular weight excluding hydrogens is 194 g/mol. The fraction of sp³-hybridized carbons (Fsp3) is 0.300. The van der Waals surface area contributed by atoms with Gasteiger partial charge in [0.05, 0.1) is 0 Å². The molecule has 1 N–H and O–H groups in total. The summed E-state index contributed by atoms with van der Waals surface area (Å²) in [5, 5.41) is 7.54. The molecule has 3 nitrogen and oxygen atoms in total. The lowest BCUT2D eigenvalue weighted by molar-refractivity contribution is 0.763. The summed E-state index contributed by atoms with van der Waals surface area (Å²) < 4.78 is 2.09. The molecule has 0 unspecified atom stereocenters. The van der Waals surface area contributed by atoms with Gasteiger partial charge in [-0.3, -0.25) is 0 Å². The lowest BCUT2D eigenvalue weighted by atomic mass is 10.3. The Morgan fingerprint density at radius 2 is 2.50 bits per heavy atom. The average molecular weight is 207 g/mol. The SMILES string of the molecule is CCn1ccnc1NCc1ccsc1. The third kappa shape index (κ3) is 1.96. The molecule has 2 heterocycles. The van der Waals surface area contributed by atoms with Crippen LogP contribution in [0.15, 0.2) is 29.2 Å². The molecule has 0 saturated heterocycles. The molecule has 0 amide bonds. The lowest BCUT2D eigenvalue weighted by Crippen LogP contribution is -2.05. The number of anilines is 1. The van der Waals surface area contributed by atoms with E-state index in [1.54, 1.807) is 11.3 Å². The molecule has 2 rings (SSSR count). The van der Waals surface area contributed by atoms with Gasteiger partial charge >= 0.3 is 0 Å². The van der Waals surface area contributed by atoms with Crippen molar-refractivity contribution in [2.24, 2.45) is 0 Å². The molecule has 0 radical (unpaired) electrons. The number of rotatable bonds is 4. The van der Waals surface area contributed by atoms with E-state index < -0.39 is 0 Å². The third-order valence-electron chi connectivity index (χ3n) is 2.09. The van der Waals surface area contributed by atoms with Crippen LogP contribution in [0.1, 0.15) is 12.5 Å². The van der Waals surface area contributed by atoms with Crippen molar-refractivity contribution in [3.05, 3.63) is 34.8 Å². The van der Waals surface area contributed by atoms with Crippen LogP contribution in [0.3, 0.4) is 0 Å². The summed E-state index contributed by atoms with van der Waals surface area (Å²) in [6, 6.07) is 2.12. The molecule has 0 saturated carbocycles. The van der Waals surface area contributed by atoms with E-state index in [1.165, 1.54) is 5.56 Å². The quantitative estimate of drug-likeness (QED) is 0.835. The summed E-state index contributed by atoms with van der Waals surface area (Å²) in [6.45, 7) is 3.91. The van der Waals surface area contributed by atoms with Gasteiger partial charge in [0.1, 0.15) is 0 Å². The van der Waals surface area contributed by atoms with Crippen LogP contribution < -0.4 is 5.32 Å². The first-order chi connectivity index (χ1) is 6.90. The predicted molar refractivity (Wildman–Crippen MR) is 59.5 cm³/mol. The van der Waals surface area contributed by atoms with E-state index in [0.717, 1.165) is 19.0 Å².